The van der Waals surface area contributed by atoms with Gasteiger partial charge in [0.1, 0.15) is 0 Å². The summed E-state index contributed by atoms with van der Waals surface area (Å²) in [5.74, 6) is 0.138. The first kappa shape index (κ1) is 20.8. The van der Waals surface area contributed by atoms with Gasteiger partial charge in [0.15, 0.2) is 0 Å². The lowest BCUT2D eigenvalue weighted by Crippen LogP contribution is -2.41. The molecule has 3 N–H and O–H groups in total. The predicted molar refractivity (Wildman–Crippen MR) is 111 cm³/mol. The Bertz CT molecular complexity index is 759. The maximum Gasteiger partial charge on any atom is 0.227 e. The molecule has 1 saturated heterocycles. The molecule has 0 saturated carbocycles. The highest BCUT2D eigenvalue weighted by molar-refractivity contribution is 5.92. The zero-order valence-electron chi connectivity index (χ0n) is 15.3. The largest absolute Gasteiger partial charge is 0.399 e. The molecule has 1 aliphatic heterocycles. The van der Waals surface area contributed by atoms with Crippen LogP contribution in [0.4, 0.5) is 11.4 Å². The third-order valence-corrected chi connectivity index (χ3v) is 4.92. The number of amides is 2. The van der Waals surface area contributed by atoms with Crippen molar-refractivity contribution in [2.24, 2.45) is 5.92 Å². The van der Waals surface area contributed by atoms with Gasteiger partial charge < -0.3 is 16.0 Å². The number of nitrogen functional groups attached to an aromatic ring is 1. The number of hydrogen-bond donors (Lipinski definition) is 2. The van der Waals surface area contributed by atoms with Crippen LogP contribution in [0.2, 0.25) is 0 Å². The molecule has 0 unspecified atom stereocenters. The monoisotopic (exact) mass is 387 g/mol. The van der Waals surface area contributed by atoms with E-state index in [2.05, 4.69) is 5.32 Å². The second-order valence-corrected chi connectivity index (χ2v) is 6.71. The van der Waals surface area contributed by atoms with Crippen LogP contribution in [-0.4, -0.2) is 29.8 Å². The molecule has 1 aliphatic rings. The fourth-order valence-electron chi connectivity index (χ4n) is 3.32. The highest BCUT2D eigenvalue weighted by Gasteiger charge is 2.27. The van der Waals surface area contributed by atoms with Gasteiger partial charge in [-0.3, -0.25) is 9.59 Å². The Hall–Kier alpha value is -2.53. The van der Waals surface area contributed by atoms with E-state index in [1.165, 1.54) is 0 Å². The normalized spacial score (nSPS) is 14.3. The summed E-state index contributed by atoms with van der Waals surface area (Å²) in [5.41, 5.74) is 8.49. The van der Waals surface area contributed by atoms with Crippen molar-refractivity contribution in [1.82, 2.24) is 4.90 Å². The van der Waals surface area contributed by atoms with Crippen molar-refractivity contribution < 1.29 is 9.59 Å². The van der Waals surface area contributed by atoms with Gasteiger partial charge in [-0.1, -0.05) is 36.4 Å². The standard InChI is InChI=1S/C21H25N3O2.ClH/c22-19-9-5-4-6-16(19)10-11-20(25)24-14-12-17(13-15-24)21(26)23-18-7-2-1-3-8-18;/h1-9,17H,10-15,22H2,(H,23,26);1H. The Balaban J connectivity index is 0.00000261. The number of nitrogens with zero attached hydrogens (tertiary/aromatic N) is 1. The van der Waals surface area contributed by atoms with Gasteiger partial charge in [-0.25, -0.2) is 0 Å². The molecule has 0 aliphatic carbocycles. The number of hydrogen-bond acceptors (Lipinski definition) is 3. The number of benzene rings is 2. The number of nitrogens with two attached hydrogens (primary N) is 1. The summed E-state index contributed by atoms with van der Waals surface area (Å²) in [5, 5.41) is 2.95. The molecule has 2 amide bonds. The number of anilines is 2. The van der Waals surface area contributed by atoms with Gasteiger partial charge in [-0.15, -0.1) is 12.4 Å². The zero-order valence-corrected chi connectivity index (χ0v) is 16.1. The van der Waals surface area contributed by atoms with Gasteiger partial charge in [0.2, 0.25) is 11.8 Å². The van der Waals surface area contributed by atoms with E-state index in [4.69, 9.17) is 5.73 Å². The van der Waals surface area contributed by atoms with Crippen molar-refractivity contribution in [2.75, 3.05) is 24.1 Å². The summed E-state index contributed by atoms with van der Waals surface area (Å²) in [6.45, 7) is 1.27. The molecule has 2 aromatic rings. The van der Waals surface area contributed by atoms with Crippen LogP contribution in [0.3, 0.4) is 0 Å². The van der Waals surface area contributed by atoms with E-state index < -0.39 is 0 Å². The molecule has 0 atom stereocenters. The molecule has 1 fully saturated rings. The first-order valence-corrected chi connectivity index (χ1v) is 9.10. The average molecular weight is 388 g/mol. The number of likely N-dealkylation sites (tertiary alicyclic amines) is 1. The Morgan fingerprint density at radius 1 is 1.00 bits per heavy atom. The highest BCUT2D eigenvalue weighted by atomic mass is 35.5. The Labute approximate surface area is 166 Å². The molecule has 2 aromatic carbocycles. The number of para-hydroxylation sites is 2. The van der Waals surface area contributed by atoms with E-state index in [1.54, 1.807) is 0 Å². The van der Waals surface area contributed by atoms with Crippen LogP contribution in [-0.2, 0) is 16.0 Å². The van der Waals surface area contributed by atoms with Crippen LogP contribution in [0.15, 0.2) is 54.6 Å². The van der Waals surface area contributed by atoms with Gasteiger partial charge >= 0.3 is 0 Å². The van der Waals surface area contributed by atoms with Crippen molar-refractivity contribution >= 4 is 35.6 Å². The molecule has 0 bridgehead atoms. The molecule has 5 nitrogen and oxygen atoms in total. The second kappa shape index (κ2) is 9.97. The molecule has 3 rings (SSSR count). The topological polar surface area (TPSA) is 75.4 Å². The van der Waals surface area contributed by atoms with Gasteiger partial charge in [-0.2, -0.15) is 0 Å². The molecule has 6 heteroatoms. The predicted octanol–water partition coefficient (Wildman–Crippen LogP) is 3.50. The Kier molecular flexibility index (Phi) is 7.67. The van der Waals surface area contributed by atoms with Crippen molar-refractivity contribution in [1.29, 1.82) is 0 Å². The first-order valence-electron chi connectivity index (χ1n) is 9.10. The van der Waals surface area contributed by atoms with E-state index in [0.29, 0.717) is 38.8 Å². The molecule has 0 spiro atoms. The van der Waals surface area contributed by atoms with Crippen LogP contribution < -0.4 is 11.1 Å². The number of carbonyl (C=O) groups is 2. The van der Waals surface area contributed by atoms with Crippen LogP contribution in [0.25, 0.3) is 0 Å². The lowest BCUT2D eigenvalue weighted by atomic mass is 9.95. The third kappa shape index (κ3) is 5.73. The molecular weight excluding hydrogens is 362 g/mol. The fraction of sp³-hybridized carbons (Fsp3) is 0.333. The average Bonchev–Trinajstić information content (AvgIpc) is 2.68. The van der Waals surface area contributed by atoms with Gasteiger partial charge in [-0.05, 0) is 43.0 Å². The van der Waals surface area contributed by atoms with Crippen LogP contribution in [0.1, 0.15) is 24.8 Å². The van der Waals surface area contributed by atoms with Crippen LogP contribution >= 0.6 is 12.4 Å². The third-order valence-electron chi connectivity index (χ3n) is 4.92. The van der Waals surface area contributed by atoms with Crippen molar-refractivity contribution in [3.63, 3.8) is 0 Å². The van der Waals surface area contributed by atoms with E-state index in [1.807, 2.05) is 59.5 Å². The molecular formula is C21H26ClN3O2. The van der Waals surface area contributed by atoms with Crippen molar-refractivity contribution in [2.45, 2.75) is 25.7 Å². The number of aryl methyl sites for hydroxylation is 1. The van der Waals surface area contributed by atoms with Crippen molar-refractivity contribution in [3.8, 4) is 0 Å². The summed E-state index contributed by atoms with van der Waals surface area (Å²) >= 11 is 0. The second-order valence-electron chi connectivity index (χ2n) is 6.71. The number of carbonyl (C=O) groups excluding carboxylic acids is 2. The minimum absolute atomic E-state index is 0. The zero-order chi connectivity index (χ0) is 18.4. The van der Waals surface area contributed by atoms with Crippen molar-refractivity contribution in [3.05, 3.63) is 60.2 Å². The Morgan fingerprint density at radius 3 is 2.30 bits per heavy atom. The maximum absolute atomic E-state index is 12.4. The Morgan fingerprint density at radius 2 is 1.63 bits per heavy atom. The van der Waals surface area contributed by atoms with Gasteiger partial charge in [0.25, 0.3) is 0 Å². The molecule has 144 valence electrons. The van der Waals surface area contributed by atoms with Gasteiger partial charge in [0, 0.05) is 36.8 Å². The lowest BCUT2D eigenvalue weighted by Gasteiger charge is -2.31. The molecule has 0 aromatic heterocycles. The SMILES string of the molecule is Cl.Nc1ccccc1CCC(=O)N1CCC(C(=O)Nc2ccccc2)CC1. The molecule has 1 heterocycles. The smallest absolute Gasteiger partial charge is 0.227 e. The summed E-state index contributed by atoms with van der Waals surface area (Å²) in [6.07, 6.45) is 2.52. The van der Waals surface area contributed by atoms with Crippen LogP contribution in [0.5, 0.6) is 0 Å². The van der Waals surface area contributed by atoms with E-state index in [9.17, 15) is 9.59 Å². The molecule has 0 radical (unpaired) electrons. The molecule has 27 heavy (non-hydrogen) atoms. The number of rotatable bonds is 5. The van der Waals surface area contributed by atoms with E-state index >= 15 is 0 Å². The van der Waals surface area contributed by atoms with Gasteiger partial charge in [0.05, 0.1) is 0 Å². The highest BCUT2D eigenvalue weighted by Crippen LogP contribution is 2.21. The lowest BCUT2D eigenvalue weighted by molar-refractivity contribution is -0.134. The quantitative estimate of drug-likeness (QED) is 0.771. The maximum atomic E-state index is 12.4. The van der Waals surface area contributed by atoms with E-state index in [0.717, 1.165) is 16.9 Å². The first-order chi connectivity index (χ1) is 12.6. The summed E-state index contributed by atoms with van der Waals surface area (Å²) < 4.78 is 0. The van der Waals surface area contributed by atoms with E-state index in [-0.39, 0.29) is 30.1 Å². The number of piperidine rings is 1. The summed E-state index contributed by atoms with van der Waals surface area (Å²) in [6, 6.07) is 17.1. The fourth-order valence-corrected chi connectivity index (χ4v) is 3.32. The number of nitrogens with one attached hydrogen (secondary N) is 1. The summed E-state index contributed by atoms with van der Waals surface area (Å²) in [7, 11) is 0. The number of halogens is 1. The summed E-state index contributed by atoms with van der Waals surface area (Å²) in [4.78, 5) is 26.7. The minimum atomic E-state index is -0.0379. The van der Waals surface area contributed by atoms with Crippen LogP contribution in [0, 0.1) is 5.92 Å². The minimum Gasteiger partial charge on any atom is -0.399 e.